The molecule has 1 aliphatic rings. The van der Waals surface area contributed by atoms with Gasteiger partial charge in [0.05, 0.1) is 5.69 Å². The van der Waals surface area contributed by atoms with Crippen LogP contribution in [0.5, 0.6) is 0 Å². The van der Waals surface area contributed by atoms with Gasteiger partial charge in [0, 0.05) is 25.3 Å². The first-order valence-corrected chi connectivity index (χ1v) is 5.22. The molecule has 0 radical (unpaired) electrons. The van der Waals surface area contributed by atoms with Crippen LogP contribution in [0.2, 0.25) is 0 Å². The van der Waals surface area contributed by atoms with Crippen molar-refractivity contribution >= 4 is 5.91 Å². The summed E-state index contributed by atoms with van der Waals surface area (Å²) in [7, 11) is 0. The number of amides is 1. The summed E-state index contributed by atoms with van der Waals surface area (Å²) in [5.74, 6) is 0.0298. The Labute approximate surface area is 88.8 Å². The second kappa shape index (κ2) is 4.02. The first kappa shape index (κ1) is 10.2. The third kappa shape index (κ3) is 2.02. The maximum Gasteiger partial charge on any atom is 0.246 e. The lowest BCUT2D eigenvalue weighted by atomic mass is 10.2. The van der Waals surface area contributed by atoms with Crippen molar-refractivity contribution in [1.82, 2.24) is 20.4 Å². The number of rotatable bonds is 2. The summed E-state index contributed by atoms with van der Waals surface area (Å²) in [5.41, 5.74) is 1.06. The zero-order valence-electron chi connectivity index (χ0n) is 9.03. The van der Waals surface area contributed by atoms with Crippen LogP contribution in [0.1, 0.15) is 25.6 Å². The van der Waals surface area contributed by atoms with E-state index in [4.69, 9.17) is 0 Å². The number of fused-ring (bicyclic) bond motifs is 1. The van der Waals surface area contributed by atoms with E-state index in [1.165, 1.54) is 0 Å². The van der Waals surface area contributed by atoms with Crippen molar-refractivity contribution in [3.8, 4) is 0 Å². The molecule has 0 unspecified atom stereocenters. The monoisotopic (exact) mass is 208 g/mol. The van der Waals surface area contributed by atoms with Gasteiger partial charge in [0.25, 0.3) is 0 Å². The second-order valence-corrected chi connectivity index (χ2v) is 4.08. The standard InChI is InChI=1S/C10H16N4O/c1-7(2)13-10(15)9-6-11-5-8-3-4-12-14(8)9/h3-4,7,9,11H,5-6H2,1-2H3,(H,13,15)/t9-/m1/s1. The molecule has 2 N–H and O–H groups in total. The van der Waals surface area contributed by atoms with Crippen LogP contribution in [-0.4, -0.2) is 28.3 Å². The topological polar surface area (TPSA) is 59.0 Å². The maximum absolute atomic E-state index is 11.9. The highest BCUT2D eigenvalue weighted by Gasteiger charge is 2.26. The average molecular weight is 208 g/mol. The number of hydrogen-bond donors (Lipinski definition) is 2. The van der Waals surface area contributed by atoms with Gasteiger partial charge in [-0.15, -0.1) is 0 Å². The van der Waals surface area contributed by atoms with E-state index in [1.54, 1.807) is 10.9 Å². The molecule has 15 heavy (non-hydrogen) atoms. The largest absolute Gasteiger partial charge is 0.352 e. The molecule has 82 valence electrons. The molecule has 2 heterocycles. The van der Waals surface area contributed by atoms with E-state index in [-0.39, 0.29) is 18.0 Å². The zero-order chi connectivity index (χ0) is 10.8. The number of aromatic nitrogens is 2. The summed E-state index contributed by atoms with van der Waals surface area (Å²) in [6.45, 7) is 5.34. The minimum Gasteiger partial charge on any atom is -0.352 e. The molecule has 0 fully saturated rings. The number of nitrogens with zero attached hydrogens (tertiary/aromatic N) is 2. The Kier molecular flexibility index (Phi) is 2.73. The van der Waals surface area contributed by atoms with Crippen LogP contribution in [0.3, 0.4) is 0 Å². The molecular formula is C10H16N4O. The molecule has 1 amide bonds. The van der Waals surface area contributed by atoms with E-state index in [9.17, 15) is 4.79 Å². The van der Waals surface area contributed by atoms with Gasteiger partial charge < -0.3 is 10.6 Å². The fourth-order valence-electron chi connectivity index (χ4n) is 1.77. The van der Waals surface area contributed by atoms with Gasteiger partial charge >= 0.3 is 0 Å². The van der Waals surface area contributed by atoms with Gasteiger partial charge in [-0.25, -0.2) is 0 Å². The van der Waals surface area contributed by atoms with Crippen molar-refractivity contribution in [2.75, 3.05) is 6.54 Å². The zero-order valence-corrected chi connectivity index (χ0v) is 9.03. The molecule has 2 rings (SSSR count). The molecule has 0 spiro atoms. The molecule has 1 aromatic rings. The Balaban J connectivity index is 2.15. The summed E-state index contributed by atoms with van der Waals surface area (Å²) in [4.78, 5) is 11.9. The van der Waals surface area contributed by atoms with Gasteiger partial charge in [-0.05, 0) is 19.9 Å². The Hall–Kier alpha value is -1.36. The van der Waals surface area contributed by atoms with Gasteiger partial charge in [0.2, 0.25) is 5.91 Å². The van der Waals surface area contributed by atoms with Gasteiger partial charge in [0.15, 0.2) is 0 Å². The van der Waals surface area contributed by atoms with Crippen LogP contribution in [0.15, 0.2) is 12.3 Å². The molecule has 1 aliphatic heterocycles. The fourth-order valence-corrected chi connectivity index (χ4v) is 1.77. The highest BCUT2D eigenvalue weighted by Crippen LogP contribution is 2.13. The lowest BCUT2D eigenvalue weighted by molar-refractivity contribution is -0.125. The molecule has 5 heteroatoms. The summed E-state index contributed by atoms with van der Waals surface area (Å²) in [6.07, 6.45) is 1.73. The van der Waals surface area contributed by atoms with Gasteiger partial charge in [-0.3, -0.25) is 9.48 Å². The molecule has 5 nitrogen and oxygen atoms in total. The molecule has 0 aliphatic carbocycles. The number of hydrogen-bond acceptors (Lipinski definition) is 3. The van der Waals surface area contributed by atoms with Crippen molar-refractivity contribution in [3.63, 3.8) is 0 Å². The molecule has 1 aromatic heterocycles. The van der Waals surface area contributed by atoms with Crippen molar-refractivity contribution in [1.29, 1.82) is 0 Å². The van der Waals surface area contributed by atoms with Gasteiger partial charge in [0.1, 0.15) is 6.04 Å². The number of carbonyl (C=O) groups excluding carboxylic acids is 1. The summed E-state index contributed by atoms with van der Waals surface area (Å²) >= 11 is 0. The van der Waals surface area contributed by atoms with Gasteiger partial charge in [-0.1, -0.05) is 0 Å². The maximum atomic E-state index is 11.9. The first-order chi connectivity index (χ1) is 7.18. The van der Waals surface area contributed by atoms with E-state index in [0.717, 1.165) is 12.2 Å². The Morgan fingerprint density at radius 1 is 1.73 bits per heavy atom. The molecule has 0 saturated carbocycles. The molecule has 0 aromatic carbocycles. The van der Waals surface area contributed by atoms with E-state index >= 15 is 0 Å². The van der Waals surface area contributed by atoms with E-state index in [0.29, 0.717) is 6.54 Å². The number of carbonyl (C=O) groups is 1. The first-order valence-electron chi connectivity index (χ1n) is 5.22. The molecule has 0 bridgehead atoms. The summed E-state index contributed by atoms with van der Waals surface area (Å²) < 4.78 is 1.80. The fraction of sp³-hybridized carbons (Fsp3) is 0.600. The Bertz CT molecular complexity index is 358. The third-order valence-corrected chi connectivity index (χ3v) is 2.42. The lowest BCUT2D eigenvalue weighted by Crippen LogP contribution is -2.44. The van der Waals surface area contributed by atoms with E-state index in [2.05, 4.69) is 15.7 Å². The molecule has 1 atom stereocenters. The normalized spacial score (nSPS) is 20.1. The predicted octanol–water partition coefficient (Wildman–Crippen LogP) is 0.0520. The SMILES string of the molecule is CC(C)NC(=O)[C@H]1CNCc2ccnn21. The van der Waals surface area contributed by atoms with Gasteiger partial charge in [-0.2, -0.15) is 5.10 Å². The van der Waals surface area contributed by atoms with Crippen LogP contribution in [0.4, 0.5) is 0 Å². The smallest absolute Gasteiger partial charge is 0.246 e. The minimum absolute atomic E-state index is 0.0298. The average Bonchev–Trinajstić information content (AvgIpc) is 2.63. The van der Waals surface area contributed by atoms with Crippen molar-refractivity contribution in [2.24, 2.45) is 0 Å². The molecular weight excluding hydrogens is 192 g/mol. The van der Waals surface area contributed by atoms with E-state index < -0.39 is 0 Å². The van der Waals surface area contributed by atoms with Crippen molar-refractivity contribution < 1.29 is 4.79 Å². The lowest BCUT2D eigenvalue weighted by Gasteiger charge is -2.25. The summed E-state index contributed by atoms with van der Waals surface area (Å²) in [6, 6.07) is 1.88. The summed E-state index contributed by atoms with van der Waals surface area (Å²) in [5, 5.41) is 10.3. The second-order valence-electron chi connectivity index (χ2n) is 4.08. The van der Waals surface area contributed by atoms with Crippen molar-refractivity contribution in [3.05, 3.63) is 18.0 Å². The Morgan fingerprint density at radius 2 is 2.53 bits per heavy atom. The quantitative estimate of drug-likeness (QED) is 0.722. The Morgan fingerprint density at radius 3 is 3.27 bits per heavy atom. The van der Waals surface area contributed by atoms with Crippen LogP contribution in [0.25, 0.3) is 0 Å². The highest BCUT2D eigenvalue weighted by atomic mass is 16.2. The highest BCUT2D eigenvalue weighted by molar-refractivity contribution is 5.80. The minimum atomic E-state index is -0.217. The third-order valence-electron chi connectivity index (χ3n) is 2.42. The van der Waals surface area contributed by atoms with Crippen LogP contribution in [-0.2, 0) is 11.3 Å². The van der Waals surface area contributed by atoms with E-state index in [1.807, 2.05) is 19.9 Å². The predicted molar refractivity (Wildman–Crippen MR) is 56.2 cm³/mol. The van der Waals surface area contributed by atoms with Crippen LogP contribution in [0, 0.1) is 0 Å². The number of nitrogens with one attached hydrogen (secondary N) is 2. The van der Waals surface area contributed by atoms with Crippen LogP contribution < -0.4 is 10.6 Å². The van der Waals surface area contributed by atoms with Crippen LogP contribution >= 0.6 is 0 Å². The molecule has 0 saturated heterocycles. The van der Waals surface area contributed by atoms with Crippen molar-refractivity contribution in [2.45, 2.75) is 32.5 Å².